The third-order valence-electron chi connectivity index (χ3n) is 7.30. The van der Waals surface area contributed by atoms with Gasteiger partial charge in [-0.1, -0.05) is 36.2 Å². The van der Waals surface area contributed by atoms with Crippen molar-refractivity contribution in [2.24, 2.45) is 5.92 Å². The second-order valence-electron chi connectivity index (χ2n) is 9.98. The summed E-state index contributed by atoms with van der Waals surface area (Å²) in [5.41, 5.74) is 3.06. The molecule has 36 heavy (non-hydrogen) atoms. The Kier molecular flexibility index (Phi) is 7.25. The fourth-order valence-corrected chi connectivity index (χ4v) is 6.68. The predicted molar refractivity (Wildman–Crippen MR) is 142 cm³/mol. The fraction of sp³-hybridized carbons (Fsp3) is 0.429. The number of benzene rings is 2. The number of nitrogens with one attached hydrogen (secondary N) is 1. The van der Waals surface area contributed by atoms with Crippen LogP contribution >= 0.6 is 0 Å². The number of aryl methyl sites for hydroxylation is 1. The lowest BCUT2D eigenvalue weighted by atomic mass is 9.97. The van der Waals surface area contributed by atoms with Crippen LogP contribution in [0.3, 0.4) is 0 Å². The Morgan fingerprint density at radius 1 is 0.972 bits per heavy atom. The summed E-state index contributed by atoms with van der Waals surface area (Å²) in [6, 6.07) is 17.3. The average Bonchev–Trinajstić information content (AvgIpc) is 2.92. The summed E-state index contributed by atoms with van der Waals surface area (Å²) in [5.74, 6) is 0.817. The molecule has 1 atom stereocenters. The molecule has 0 bridgehead atoms. The molecule has 2 aromatic carbocycles. The maximum atomic E-state index is 13.1. The highest BCUT2D eigenvalue weighted by Crippen LogP contribution is 2.27. The van der Waals surface area contributed by atoms with Gasteiger partial charge in [-0.05, 0) is 68.5 Å². The van der Waals surface area contributed by atoms with Gasteiger partial charge in [0.25, 0.3) is 0 Å². The van der Waals surface area contributed by atoms with Crippen LogP contribution in [0.15, 0.2) is 59.5 Å². The zero-order valence-electron chi connectivity index (χ0n) is 20.8. The van der Waals surface area contributed by atoms with Crippen LogP contribution in [0.5, 0.6) is 0 Å². The highest BCUT2D eigenvalue weighted by Gasteiger charge is 2.28. The molecule has 2 aliphatic heterocycles. The van der Waals surface area contributed by atoms with E-state index in [9.17, 15) is 13.2 Å². The Morgan fingerprint density at radius 3 is 2.53 bits per heavy atom. The second-order valence-corrected chi connectivity index (χ2v) is 11.9. The van der Waals surface area contributed by atoms with Gasteiger partial charge in [0.05, 0.1) is 16.3 Å². The Morgan fingerprint density at radius 2 is 1.75 bits per heavy atom. The van der Waals surface area contributed by atoms with Crippen LogP contribution < -0.4 is 10.2 Å². The molecule has 1 aromatic heterocycles. The fourth-order valence-electron chi connectivity index (χ4n) is 5.12. The summed E-state index contributed by atoms with van der Waals surface area (Å²) < 4.78 is 27.7. The normalized spacial score (nSPS) is 19.4. The van der Waals surface area contributed by atoms with Crippen molar-refractivity contribution in [1.82, 2.24) is 14.6 Å². The molecule has 190 valence electrons. The van der Waals surface area contributed by atoms with Crippen molar-refractivity contribution in [1.29, 1.82) is 0 Å². The zero-order valence-corrected chi connectivity index (χ0v) is 21.6. The van der Waals surface area contributed by atoms with Crippen molar-refractivity contribution in [3.05, 3.63) is 65.7 Å². The van der Waals surface area contributed by atoms with E-state index in [1.807, 2.05) is 24.3 Å². The van der Waals surface area contributed by atoms with E-state index in [0.717, 1.165) is 60.9 Å². The summed E-state index contributed by atoms with van der Waals surface area (Å²) in [5, 5.41) is 3.90. The number of nitrogens with zero attached hydrogens (tertiary/aromatic N) is 3. The molecule has 5 rings (SSSR count). The van der Waals surface area contributed by atoms with Gasteiger partial charge in [0.1, 0.15) is 5.82 Å². The summed E-state index contributed by atoms with van der Waals surface area (Å²) >= 11 is 0. The van der Waals surface area contributed by atoms with E-state index in [-0.39, 0.29) is 11.8 Å². The summed E-state index contributed by atoms with van der Waals surface area (Å²) in [6.07, 6.45) is 4.70. The molecule has 3 aromatic rings. The molecule has 0 radical (unpaired) electrons. The van der Waals surface area contributed by atoms with E-state index >= 15 is 0 Å². The van der Waals surface area contributed by atoms with Crippen LogP contribution in [-0.2, 0) is 21.4 Å². The largest absolute Gasteiger partial charge is 0.356 e. The van der Waals surface area contributed by atoms with Crippen molar-refractivity contribution in [3.63, 3.8) is 0 Å². The van der Waals surface area contributed by atoms with Crippen molar-refractivity contribution in [2.45, 2.75) is 50.5 Å². The topological polar surface area (TPSA) is 82.6 Å². The lowest BCUT2D eigenvalue weighted by Gasteiger charge is -2.33. The number of hydrogen-bond acceptors (Lipinski definition) is 5. The van der Waals surface area contributed by atoms with Gasteiger partial charge >= 0.3 is 0 Å². The molecule has 1 amide bonds. The number of aromatic nitrogens is 1. The van der Waals surface area contributed by atoms with Gasteiger partial charge in [-0.2, -0.15) is 4.31 Å². The Bertz CT molecular complexity index is 1330. The van der Waals surface area contributed by atoms with Gasteiger partial charge in [0.2, 0.25) is 15.9 Å². The van der Waals surface area contributed by atoms with Crippen molar-refractivity contribution in [2.75, 3.05) is 31.1 Å². The second kappa shape index (κ2) is 10.6. The molecule has 2 saturated heterocycles. The summed E-state index contributed by atoms with van der Waals surface area (Å²) in [6.45, 7) is 5.24. The molecule has 0 unspecified atom stereocenters. The molecular weight excluding hydrogens is 472 g/mol. The van der Waals surface area contributed by atoms with Gasteiger partial charge < -0.3 is 10.2 Å². The summed E-state index contributed by atoms with van der Waals surface area (Å²) in [7, 11) is -3.48. The van der Waals surface area contributed by atoms with Gasteiger partial charge in [0.15, 0.2) is 0 Å². The molecular formula is C28H34N4O3S. The first-order valence-electron chi connectivity index (χ1n) is 12.9. The van der Waals surface area contributed by atoms with Gasteiger partial charge in [-0.25, -0.2) is 13.4 Å². The maximum absolute atomic E-state index is 13.1. The minimum Gasteiger partial charge on any atom is -0.356 e. The number of sulfonamides is 1. The highest BCUT2D eigenvalue weighted by atomic mass is 32.2. The standard InChI is InChI=1S/C28H34N4O3S/c1-21-7-9-22(10-8-21)19-29-28(33)24-6-5-15-31(20-24)27-14-11-23-18-25(12-13-26(23)30-27)36(34,35)32-16-3-2-4-17-32/h7-14,18,24H,2-6,15-17,19-20H2,1H3,(H,29,33)/t24-/m0/s1. The monoisotopic (exact) mass is 506 g/mol. The number of rotatable bonds is 6. The number of fused-ring (bicyclic) bond motifs is 1. The third-order valence-corrected chi connectivity index (χ3v) is 9.20. The molecule has 2 aliphatic rings. The first kappa shape index (κ1) is 24.7. The number of piperidine rings is 2. The Labute approximate surface area is 213 Å². The van der Waals surface area contributed by atoms with Crippen LogP contribution in [0.25, 0.3) is 10.9 Å². The minimum absolute atomic E-state index is 0.0774. The number of carbonyl (C=O) groups excluding carboxylic acids is 1. The molecule has 0 spiro atoms. The number of carbonyl (C=O) groups is 1. The first-order valence-corrected chi connectivity index (χ1v) is 14.3. The first-order chi connectivity index (χ1) is 17.4. The Hall–Kier alpha value is -2.97. The van der Waals surface area contributed by atoms with Crippen LogP contribution in [0, 0.1) is 12.8 Å². The van der Waals surface area contributed by atoms with E-state index in [4.69, 9.17) is 4.98 Å². The van der Waals surface area contributed by atoms with Crippen LogP contribution in [-0.4, -0.2) is 49.8 Å². The molecule has 0 aliphatic carbocycles. The predicted octanol–water partition coefficient (Wildman–Crippen LogP) is 4.25. The van der Waals surface area contributed by atoms with E-state index in [2.05, 4.69) is 29.3 Å². The smallest absolute Gasteiger partial charge is 0.243 e. The van der Waals surface area contributed by atoms with E-state index in [1.54, 1.807) is 22.5 Å². The zero-order chi connectivity index (χ0) is 25.1. The van der Waals surface area contributed by atoms with Crippen LogP contribution in [0.2, 0.25) is 0 Å². The molecule has 2 fully saturated rings. The third kappa shape index (κ3) is 5.39. The summed E-state index contributed by atoms with van der Waals surface area (Å²) in [4.78, 5) is 20.2. The van der Waals surface area contributed by atoms with Gasteiger partial charge in [-0.3, -0.25) is 4.79 Å². The lowest BCUT2D eigenvalue weighted by molar-refractivity contribution is -0.125. The van der Waals surface area contributed by atoms with E-state index in [0.29, 0.717) is 31.1 Å². The maximum Gasteiger partial charge on any atom is 0.243 e. The molecule has 8 heteroatoms. The Balaban J connectivity index is 1.26. The van der Waals surface area contributed by atoms with Crippen molar-refractivity contribution < 1.29 is 13.2 Å². The molecule has 0 saturated carbocycles. The molecule has 7 nitrogen and oxygen atoms in total. The van der Waals surface area contributed by atoms with E-state index in [1.165, 1.54) is 5.56 Å². The highest BCUT2D eigenvalue weighted by molar-refractivity contribution is 7.89. The number of hydrogen-bond donors (Lipinski definition) is 1. The van der Waals surface area contributed by atoms with Crippen LogP contribution in [0.4, 0.5) is 5.82 Å². The van der Waals surface area contributed by atoms with Crippen LogP contribution in [0.1, 0.15) is 43.2 Å². The average molecular weight is 507 g/mol. The number of pyridine rings is 1. The van der Waals surface area contributed by atoms with Crippen molar-refractivity contribution >= 4 is 32.7 Å². The van der Waals surface area contributed by atoms with Crippen molar-refractivity contribution in [3.8, 4) is 0 Å². The van der Waals surface area contributed by atoms with Gasteiger partial charge in [-0.15, -0.1) is 0 Å². The minimum atomic E-state index is -3.48. The van der Waals surface area contributed by atoms with Gasteiger partial charge in [0, 0.05) is 38.1 Å². The molecule has 1 N–H and O–H groups in total. The number of amides is 1. The molecule has 3 heterocycles. The quantitative estimate of drug-likeness (QED) is 0.541. The number of anilines is 1. The SMILES string of the molecule is Cc1ccc(CNC(=O)[C@H]2CCCN(c3ccc4cc(S(=O)(=O)N5CCCCC5)ccc4n3)C2)cc1. The van der Waals surface area contributed by atoms with E-state index < -0.39 is 10.0 Å². The lowest BCUT2D eigenvalue weighted by Crippen LogP contribution is -2.43.